The van der Waals surface area contributed by atoms with E-state index in [-0.39, 0.29) is 31.1 Å². The van der Waals surface area contributed by atoms with E-state index in [1.165, 1.54) is 148 Å². The molecule has 0 aromatic carbocycles. The first-order chi connectivity index (χ1) is 27.2. The summed E-state index contributed by atoms with van der Waals surface area (Å²) in [5.41, 5.74) is 0. The van der Waals surface area contributed by atoms with Crippen LogP contribution in [-0.4, -0.2) is 37.2 Å². The van der Waals surface area contributed by atoms with Crippen molar-refractivity contribution in [2.24, 2.45) is 17.8 Å². The monoisotopic (exact) mass is 793 g/mol. The fourth-order valence-corrected chi connectivity index (χ4v) is 7.34. The molecule has 0 rings (SSSR count). The molecule has 0 bridgehead atoms. The van der Waals surface area contributed by atoms with Gasteiger partial charge in [0.1, 0.15) is 13.2 Å². The van der Waals surface area contributed by atoms with Crippen LogP contribution >= 0.6 is 0 Å². The number of hydrogen-bond donors (Lipinski definition) is 0. The molecule has 6 nitrogen and oxygen atoms in total. The van der Waals surface area contributed by atoms with E-state index in [9.17, 15) is 14.4 Å². The van der Waals surface area contributed by atoms with Crippen molar-refractivity contribution in [2.75, 3.05) is 13.2 Å². The van der Waals surface area contributed by atoms with Crippen molar-refractivity contribution in [3.8, 4) is 0 Å². The first-order valence-corrected chi connectivity index (χ1v) is 24.7. The molecule has 0 fully saturated rings. The highest BCUT2D eigenvalue weighted by atomic mass is 16.6. The number of hydrogen-bond acceptors (Lipinski definition) is 6. The minimum absolute atomic E-state index is 0.0661. The van der Waals surface area contributed by atoms with Crippen LogP contribution in [0.3, 0.4) is 0 Å². The maximum absolute atomic E-state index is 12.7. The van der Waals surface area contributed by atoms with Gasteiger partial charge in [0.05, 0.1) is 0 Å². The van der Waals surface area contributed by atoms with Gasteiger partial charge in [0.25, 0.3) is 0 Å². The van der Waals surface area contributed by atoms with E-state index in [1.807, 2.05) is 0 Å². The molecule has 0 radical (unpaired) electrons. The number of unbranched alkanes of at least 4 members (excludes halogenated alkanes) is 24. The van der Waals surface area contributed by atoms with E-state index in [4.69, 9.17) is 14.2 Å². The van der Waals surface area contributed by atoms with Crippen LogP contribution in [0.1, 0.15) is 266 Å². The summed E-state index contributed by atoms with van der Waals surface area (Å²) in [4.78, 5) is 37.8. The lowest BCUT2D eigenvalue weighted by atomic mass is 9.99. The van der Waals surface area contributed by atoms with Gasteiger partial charge in [-0.2, -0.15) is 0 Å². The predicted octanol–water partition coefficient (Wildman–Crippen LogP) is 15.6. The zero-order valence-electron chi connectivity index (χ0n) is 38.4. The molecule has 0 N–H and O–H groups in total. The molecule has 0 aliphatic rings. The Kier molecular flexibility index (Phi) is 40.4. The second-order valence-electron chi connectivity index (χ2n) is 18.1. The first-order valence-electron chi connectivity index (χ1n) is 24.7. The van der Waals surface area contributed by atoms with E-state index in [2.05, 4.69) is 41.5 Å². The molecular weight excluding hydrogens is 697 g/mol. The van der Waals surface area contributed by atoms with Gasteiger partial charge < -0.3 is 14.2 Å². The average Bonchev–Trinajstić information content (AvgIpc) is 3.18. The highest BCUT2D eigenvalue weighted by Crippen LogP contribution is 2.18. The van der Waals surface area contributed by atoms with Crippen molar-refractivity contribution in [3.05, 3.63) is 0 Å². The number of rotatable bonds is 43. The van der Waals surface area contributed by atoms with Crippen molar-refractivity contribution in [2.45, 2.75) is 272 Å². The van der Waals surface area contributed by atoms with Crippen LogP contribution in [0.5, 0.6) is 0 Å². The van der Waals surface area contributed by atoms with Gasteiger partial charge in [-0.3, -0.25) is 14.4 Å². The third kappa shape index (κ3) is 40.6. The van der Waals surface area contributed by atoms with Gasteiger partial charge in [-0.1, -0.05) is 228 Å². The molecule has 0 aromatic rings. The van der Waals surface area contributed by atoms with Gasteiger partial charge in [-0.05, 0) is 37.0 Å². The summed E-state index contributed by atoms with van der Waals surface area (Å²) in [6.45, 7) is 13.7. The second-order valence-corrected chi connectivity index (χ2v) is 18.1. The molecule has 0 aliphatic carbocycles. The quantitative estimate of drug-likeness (QED) is 0.0348. The molecule has 0 aromatic heterocycles. The molecule has 0 spiro atoms. The lowest BCUT2D eigenvalue weighted by Gasteiger charge is -2.18. The average molecular weight is 793 g/mol. The fourth-order valence-electron chi connectivity index (χ4n) is 7.34. The molecule has 2 unspecified atom stereocenters. The van der Waals surface area contributed by atoms with E-state index < -0.39 is 6.10 Å². The van der Waals surface area contributed by atoms with Crippen LogP contribution in [0.4, 0.5) is 0 Å². The van der Waals surface area contributed by atoms with E-state index in [1.54, 1.807) is 0 Å². The largest absolute Gasteiger partial charge is 0.462 e. The minimum atomic E-state index is -0.763. The van der Waals surface area contributed by atoms with E-state index >= 15 is 0 Å². The molecule has 332 valence electrons. The summed E-state index contributed by atoms with van der Waals surface area (Å²) in [5.74, 6) is 1.64. The van der Waals surface area contributed by atoms with Crippen LogP contribution < -0.4 is 0 Å². The summed E-state index contributed by atoms with van der Waals surface area (Å²) < 4.78 is 16.8. The Morgan fingerprint density at radius 1 is 0.357 bits per heavy atom. The molecule has 0 aliphatic heterocycles. The van der Waals surface area contributed by atoms with Crippen LogP contribution in [-0.2, 0) is 28.6 Å². The third-order valence-electron chi connectivity index (χ3n) is 11.9. The highest BCUT2D eigenvalue weighted by Gasteiger charge is 2.19. The van der Waals surface area contributed by atoms with Gasteiger partial charge in [-0.15, -0.1) is 0 Å². The van der Waals surface area contributed by atoms with Crippen LogP contribution in [0.25, 0.3) is 0 Å². The predicted molar refractivity (Wildman–Crippen MR) is 238 cm³/mol. The van der Waals surface area contributed by atoms with Gasteiger partial charge in [0.2, 0.25) is 0 Å². The molecular formula is C50H96O6. The third-order valence-corrected chi connectivity index (χ3v) is 11.9. The number of ether oxygens (including phenoxy) is 3. The lowest BCUT2D eigenvalue weighted by molar-refractivity contribution is -0.167. The van der Waals surface area contributed by atoms with Crippen molar-refractivity contribution >= 4 is 17.9 Å². The molecule has 0 amide bonds. The Labute approximate surface area is 348 Å². The van der Waals surface area contributed by atoms with Gasteiger partial charge in [-0.25, -0.2) is 0 Å². The lowest BCUT2D eigenvalue weighted by Crippen LogP contribution is -2.30. The van der Waals surface area contributed by atoms with Crippen LogP contribution in [0, 0.1) is 17.8 Å². The number of esters is 3. The van der Waals surface area contributed by atoms with E-state index in [0.29, 0.717) is 19.3 Å². The summed E-state index contributed by atoms with van der Waals surface area (Å²) in [6.07, 6.45) is 39.4. The van der Waals surface area contributed by atoms with Crippen molar-refractivity contribution in [1.82, 2.24) is 0 Å². The van der Waals surface area contributed by atoms with Crippen LogP contribution in [0.15, 0.2) is 0 Å². The van der Waals surface area contributed by atoms with Crippen molar-refractivity contribution in [3.63, 3.8) is 0 Å². The maximum Gasteiger partial charge on any atom is 0.306 e. The Hall–Kier alpha value is -1.59. The number of carbonyl (C=O) groups is 3. The first kappa shape index (κ1) is 54.4. The van der Waals surface area contributed by atoms with Crippen molar-refractivity contribution in [1.29, 1.82) is 0 Å². The molecule has 6 heteroatoms. The second kappa shape index (κ2) is 41.6. The summed E-state index contributed by atoms with van der Waals surface area (Å²) in [6, 6.07) is 0. The highest BCUT2D eigenvalue weighted by molar-refractivity contribution is 5.71. The summed E-state index contributed by atoms with van der Waals surface area (Å²) in [5, 5.41) is 0. The Morgan fingerprint density at radius 2 is 0.625 bits per heavy atom. The van der Waals surface area contributed by atoms with Crippen LogP contribution in [0.2, 0.25) is 0 Å². The summed E-state index contributed by atoms with van der Waals surface area (Å²) in [7, 11) is 0. The molecule has 0 saturated heterocycles. The Morgan fingerprint density at radius 3 is 0.929 bits per heavy atom. The van der Waals surface area contributed by atoms with Gasteiger partial charge >= 0.3 is 17.9 Å². The van der Waals surface area contributed by atoms with Gasteiger partial charge in [0.15, 0.2) is 6.10 Å². The smallest absolute Gasteiger partial charge is 0.306 e. The Bertz CT molecular complexity index is 872. The maximum atomic E-state index is 12.7. The zero-order chi connectivity index (χ0) is 41.3. The minimum Gasteiger partial charge on any atom is -0.462 e. The summed E-state index contributed by atoms with van der Waals surface area (Å²) >= 11 is 0. The van der Waals surface area contributed by atoms with Gasteiger partial charge in [0, 0.05) is 19.3 Å². The molecule has 3 atom stereocenters. The SMILES string of the molecule is CCC(C)CCCCCCCCCCC(=O)OC[C@@H](COC(=O)CCCCCCCCCCCCCCCC(C)C)OC(=O)CCCCCCCCC(C)CC. The fraction of sp³-hybridized carbons (Fsp3) is 0.940. The Balaban J connectivity index is 4.30. The van der Waals surface area contributed by atoms with E-state index in [0.717, 1.165) is 75.5 Å². The zero-order valence-corrected chi connectivity index (χ0v) is 38.4. The topological polar surface area (TPSA) is 78.9 Å². The normalized spacial score (nSPS) is 13.1. The van der Waals surface area contributed by atoms with Crippen molar-refractivity contribution < 1.29 is 28.6 Å². The molecule has 0 saturated carbocycles. The number of carbonyl (C=O) groups excluding carboxylic acids is 3. The molecule has 0 heterocycles. The molecule has 56 heavy (non-hydrogen) atoms. The standard InChI is InChI=1S/C50H96O6/c1-7-45(5)37-31-25-19-16-17-21-28-34-40-49(52)55-43-47(56-50(53)41-35-29-23-22-26-32-38-46(6)8-2)42-54-48(51)39-33-27-20-15-13-11-9-10-12-14-18-24-30-36-44(3)4/h44-47H,7-43H2,1-6H3/t45?,46?,47-/m1/s1.